The molecule has 0 fully saturated rings. The van der Waals surface area contributed by atoms with Crippen LogP contribution in [-0.2, 0) is 16.0 Å². The molecule has 0 bridgehead atoms. The molecule has 1 heterocycles. The van der Waals surface area contributed by atoms with E-state index in [0.29, 0.717) is 18.9 Å². The van der Waals surface area contributed by atoms with Crippen LogP contribution in [0.15, 0.2) is 24.3 Å². The van der Waals surface area contributed by atoms with Gasteiger partial charge >= 0.3 is 6.09 Å². The molecule has 0 saturated carbocycles. The van der Waals surface area contributed by atoms with Crippen molar-refractivity contribution in [3.8, 4) is 0 Å². The van der Waals surface area contributed by atoms with Gasteiger partial charge in [-0.3, -0.25) is 4.79 Å². The summed E-state index contributed by atoms with van der Waals surface area (Å²) in [5, 5.41) is 2.65. The van der Waals surface area contributed by atoms with Gasteiger partial charge in [-0.25, -0.2) is 4.79 Å². The SMILES string of the molecule is COC(=O)N[C@H](CC(C)C)C(=O)N1CCc2ccccc21. The molecule has 5 heteroatoms. The highest BCUT2D eigenvalue weighted by molar-refractivity contribution is 6.00. The van der Waals surface area contributed by atoms with Crippen molar-refractivity contribution in [3.63, 3.8) is 0 Å². The van der Waals surface area contributed by atoms with E-state index in [1.807, 2.05) is 38.1 Å². The summed E-state index contributed by atoms with van der Waals surface area (Å²) in [5.74, 6) is 0.230. The van der Waals surface area contributed by atoms with Gasteiger partial charge in [0.25, 0.3) is 0 Å². The van der Waals surface area contributed by atoms with Crippen LogP contribution in [0.25, 0.3) is 0 Å². The number of para-hydroxylation sites is 1. The normalized spacial score (nSPS) is 14.8. The Hall–Kier alpha value is -2.04. The van der Waals surface area contributed by atoms with E-state index in [9.17, 15) is 9.59 Å². The lowest BCUT2D eigenvalue weighted by molar-refractivity contribution is -0.120. The topological polar surface area (TPSA) is 58.6 Å². The molecule has 2 amide bonds. The molecule has 0 aliphatic carbocycles. The van der Waals surface area contributed by atoms with E-state index in [1.165, 1.54) is 12.7 Å². The van der Waals surface area contributed by atoms with Crippen LogP contribution < -0.4 is 10.2 Å². The molecule has 1 aliphatic heterocycles. The number of amides is 2. The monoisotopic (exact) mass is 290 g/mol. The van der Waals surface area contributed by atoms with Crippen LogP contribution in [0.2, 0.25) is 0 Å². The summed E-state index contributed by atoms with van der Waals surface area (Å²) >= 11 is 0. The fourth-order valence-corrected chi connectivity index (χ4v) is 2.65. The first-order chi connectivity index (χ1) is 10.0. The second-order valence-electron chi connectivity index (χ2n) is 5.69. The molecule has 1 atom stereocenters. The van der Waals surface area contributed by atoms with Crippen molar-refractivity contribution < 1.29 is 14.3 Å². The maximum absolute atomic E-state index is 12.8. The van der Waals surface area contributed by atoms with Crippen molar-refractivity contribution in [2.75, 3.05) is 18.6 Å². The molecule has 0 saturated heterocycles. The summed E-state index contributed by atoms with van der Waals surface area (Å²) in [6, 6.07) is 7.34. The van der Waals surface area contributed by atoms with Gasteiger partial charge in [-0.05, 0) is 30.4 Å². The molecule has 0 spiro atoms. The van der Waals surface area contributed by atoms with E-state index in [1.54, 1.807) is 4.90 Å². The molecule has 114 valence electrons. The second kappa shape index (κ2) is 6.61. The molecule has 0 unspecified atom stereocenters. The van der Waals surface area contributed by atoms with E-state index in [2.05, 4.69) is 10.1 Å². The number of hydrogen-bond acceptors (Lipinski definition) is 3. The van der Waals surface area contributed by atoms with Gasteiger partial charge in [0.2, 0.25) is 5.91 Å². The van der Waals surface area contributed by atoms with Crippen LogP contribution in [0.5, 0.6) is 0 Å². The minimum atomic E-state index is -0.568. The fourth-order valence-electron chi connectivity index (χ4n) is 2.65. The largest absolute Gasteiger partial charge is 0.453 e. The summed E-state index contributed by atoms with van der Waals surface area (Å²) in [6.07, 6.45) is 0.877. The third-order valence-electron chi connectivity index (χ3n) is 3.64. The molecule has 2 rings (SSSR count). The third-order valence-corrected chi connectivity index (χ3v) is 3.64. The average Bonchev–Trinajstić information content (AvgIpc) is 2.89. The van der Waals surface area contributed by atoms with Crippen LogP contribution in [-0.4, -0.2) is 31.7 Å². The Morgan fingerprint density at radius 3 is 2.71 bits per heavy atom. The Labute approximate surface area is 125 Å². The van der Waals surface area contributed by atoms with E-state index in [0.717, 1.165) is 12.1 Å². The molecule has 1 aromatic rings. The first kappa shape index (κ1) is 15.4. The predicted octanol–water partition coefficient (Wildman–Crippen LogP) is 2.35. The Morgan fingerprint density at radius 2 is 2.05 bits per heavy atom. The van der Waals surface area contributed by atoms with Crippen molar-refractivity contribution >= 4 is 17.7 Å². The van der Waals surface area contributed by atoms with Gasteiger partial charge in [-0.2, -0.15) is 0 Å². The fraction of sp³-hybridized carbons (Fsp3) is 0.500. The number of methoxy groups -OCH3 is 1. The number of carbonyl (C=O) groups excluding carboxylic acids is 2. The first-order valence-corrected chi connectivity index (χ1v) is 7.26. The first-order valence-electron chi connectivity index (χ1n) is 7.26. The summed E-state index contributed by atoms with van der Waals surface area (Å²) in [7, 11) is 1.30. The number of nitrogens with one attached hydrogen (secondary N) is 1. The number of ether oxygens (including phenoxy) is 1. The Morgan fingerprint density at radius 1 is 1.33 bits per heavy atom. The number of benzene rings is 1. The van der Waals surface area contributed by atoms with Gasteiger partial charge in [0.15, 0.2) is 0 Å². The molecular weight excluding hydrogens is 268 g/mol. The summed E-state index contributed by atoms with van der Waals surface area (Å²) in [5.41, 5.74) is 2.12. The highest BCUT2D eigenvalue weighted by Crippen LogP contribution is 2.28. The van der Waals surface area contributed by atoms with Crippen LogP contribution in [0.1, 0.15) is 25.8 Å². The van der Waals surface area contributed by atoms with Gasteiger partial charge in [0, 0.05) is 12.2 Å². The van der Waals surface area contributed by atoms with Gasteiger partial charge in [0.1, 0.15) is 6.04 Å². The van der Waals surface area contributed by atoms with Crippen LogP contribution in [0, 0.1) is 5.92 Å². The average molecular weight is 290 g/mol. The number of rotatable bonds is 4. The molecule has 1 N–H and O–H groups in total. The van der Waals surface area contributed by atoms with Crippen molar-refractivity contribution in [2.24, 2.45) is 5.92 Å². The van der Waals surface area contributed by atoms with E-state index >= 15 is 0 Å². The van der Waals surface area contributed by atoms with Crippen LogP contribution >= 0.6 is 0 Å². The van der Waals surface area contributed by atoms with E-state index in [4.69, 9.17) is 0 Å². The summed E-state index contributed by atoms with van der Waals surface area (Å²) < 4.78 is 4.62. The number of carbonyl (C=O) groups is 2. The number of alkyl carbamates (subject to hydrolysis) is 1. The lowest BCUT2D eigenvalue weighted by Crippen LogP contribution is -2.48. The number of hydrogen-bond donors (Lipinski definition) is 1. The molecule has 0 aromatic heterocycles. The van der Waals surface area contributed by atoms with Gasteiger partial charge in [0.05, 0.1) is 7.11 Å². The van der Waals surface area contributed by atoms with Crippen LogP contribution in [0.4, 0.5) is 10.5 Å². The maximum atomic E-state index is 12.8. The highest BCUT2D eigenvalue weighted by Gasteiger charge is 2.31. The van der Waals surface area contributed by atoms with Gasteiger partial charge < -0.3 is 15.0 Å². The van der Waals surface area contributed by atoms with E-state index < -0.39 is 12.1 Å². The Balaban J connectivity index is 2.16. The third kappa shape index (κ3) is 3.54. The van der Waals surface area contributed by atoms with Crippen molar-refractivity contribution in [2.45, 2.75) is 32.7 Å². The number of anilines is 1. The molecule has 0 radical (unpaired) electrons. The molecule has 5 nitrogen and oxygen atoms in total. The predicted molar refractivity (Wildman–Crippen MR) is 81.3 cm³/mol. The quantitative estimate of drug-likeness (QED) is 0.926. The molecule has 21 heavy (non-hydrogen) atoms. The lowest BCUT2D eigenvalue weighted by atomic mass is 10.0. The van der Waals surface area contributed by atoms with Crippen molar-refractivity contribution in [1.29, 1.82) is 0 Å². The second-order valence-corrected chi connectivity index (χ2v) is 5.69. The summed E-state index contributed by atoms with van der Waals surface area (Å²) in [6.45, 7) is 4.71. The Bertz CT molecular complexity index is 528. The zero-order valence-corrected chi connectivity index (χ0v) is 12.8. The van der Waals surface area contributed by atoms with Gasteiger partial charge in [-0.15, -0.1) is 0 Å². The molecule has 1 aromatic carbocycles. The minimum absolute atomic E-state index is 0.0703. The van der Waals surface area contributed by atoms with Crippen molar-refractivity contribution in [3.05, 3.63) is 29.8 Å². The number of fused-ring (bicyclic) bond motifs is 1. The van der Waals surface area contributed by atoms with Crippen LogP contribution in [0.3, 0.4) is 0 Å². The van der Waals surface area contributed by atoms with Gasteiger partial charge in [-0.1, -0.05) is 32.0 Å². The molecular formula is C16H22N2O3. The minimum Gasteiger partial charge on any atom is -0.453 e. The Kier molecular flexibility index (Phi) is 4.83. The summed E-state index contributed by atoms with van der Waals surface area (Å²) in [4.78, 5) is 26.0. The highest BCUT2D eigenvalue weighted by atomic mass is 16.5. The molecule has 1 aliphatic rings. The zero-order valence-electron chi connectivity index (χ0n) is 12.8. The zero-order chi connectivity index (χ0) is 15.4. The van der Waals surface area contributed by atoms with Crippen molar-refractivity contribution in [1.82, 2.24) is 5.32 Å². The lowest BCUT2D eigenvalue weighted by Gasteiger charge is -2.25. The smallest absolute Gasteiger partial charge is 0.407 e. The van der Waals surface area contributed by atoms with E-state index in [-0.39, 0.29) is 5.91 Å². The standard InChI is InChI=1S/C16H22N2O3/c1-11(2)10-13(17-16(20)21-3)15(19)18-9-8-12-6-4-5-7-14(12)18/h4-7,11,13H,8-10H2,1-3H3,(H,17,20)/t13-/m1/s1. The maximum Gasteiger partial charge on any atom is 0.407 e. The number of nitrogens with zero attached hydrogens (tertiary/aromatic N) is 1.